The maximum Gasteiger partial charge on any atom is 0.231 e. The van der Waals surface area contributed by atoms with E-state index in [-0.39, 0.29) is 6.79 Å². The Balaban J connectivity index is 1.92. The number of rotatable bonds is 2. The van der Waals surface area contributed by atoms with E-state index in [0.717, 1.165) is 32.3 Å². The van der Waals surface area contributed by atoms with Gasteiger partial charge in [0.2, 0.25) is 6.79 Å². The van der Waals surface area contributed by atoms with Crippen molar-refractivity contribution >= 4 is 21.6 Å². The van der Waals surface area contributed by atoms with E-state index in [4.69, 9.17) is 14.2 Å². The maximum absolute atomic E-state index is 5.45. The van der Waals surface area contributed by atoms with Gasteiger partial charge in [-0.3, -0.25) is 0 Å². The Morgan fingerprint density at radius 3 is 2.75 bits per heavy atom. The molecular weight excluding hydrogens is 274 g/mol. The van der Waals surface area contributed by atoms with E-state index in [1.807, 2.05) is 30.3 Å². The van der Waals surface area contributed by atoms with Crippen LogP contribution in [-0.2, 0) is 0 Å². The smallest absolute Gasteiger partial charge is 0.231 e. The molecule has 20 heavy (non-hydrogen) atoms. The number of aromatic nitrogens is 1. The highest BCUT2D eigenvalue weighted by molar-refractivity contribution is 7.21. The molecule has 0 saturated heterocycles. The van der Waals surface area contributed by atoms with E-state index in [1.165, 1.54) is 0 Å². The lowest BCUT2D eigenvalue weighted by Crippen LogP contribution is -1.92. The van der Waals surface area contributed by atoms with Gasteiger partial charge in [-0.15, -0.1) is 11.3 Å². The van der Waals surface area contributed by atoms with Gasteiger partial charge in [0, 0.05) is 6.07 Å². The first kappa shape index (κ1) is 11.5. The molecule has 0 atom stereocenters. The molecule has 0 spiro atoms. The third-order valence-corrected chi connectivity index (χ3v) is 4.29. The Labute approximate surface area is 119 Å². The van der Waals surface area contributed by atoms with Gasteiger partial charge in [0.1, 0.15) is 10.8 Å². The third-order valence-electron chi connectivity index (χ3n) is 3.22. The molecule has 1 aliphatic rings. The zero-order valence-corrected chi connectivity index (χ0v) is 11.6. The van der Waals surface area contributed by atoms with Crippen molar-refractivity contribution < 1.29 is 14.2 Å². The number of benzene rings is 2. The number of thiazole rings is 1. The molecule has 0 saturated carbocycles. The summed E-state index contributed by atoms with van der Waals surface area (Å²) in [4.78, 5) is 4.66. The summed E-state index contributed by atoms with van der Waals surface area (Å²) >= 11 is 1.64. The summed E-state index contributed by atoms with van der Waals surface area (Å²) in [6, 6.07) is 11.9. The van der Waals surface area contributed by atoms with Crippen LogP contribution in [-0.4, -0.2) is 18.9 Å². The zero-order chi connectivity index (χ0) is 13.5. The highest BCUT2D eigenvalue weighted by atomic mass is 32.1. The highest BCUT2D eigenvalue weighted by Crippen LogP contribution is 2.44. The standard InChI is InChI=1S/C15H11NO3S/c1-17-11-7-13-12(18-8-19-13)6-9(11)15-16-10-4-2-3-5-14(10)20-15/h2-7H,8H2,1H3. The summed E-state index contributed by atoms with van der Waals surface area (Å²) in [5, 5.41) is 0.918. The number of hydrogen-bond acceptors (Lipinski definition) is 5. The van der Waals surface area contributed by atoms with Crippen LogP contribution in [0.25, 0.3) is 20.8 Å². The third kappa shape index (κ3) is 1.71. The number of nitrogens with zero attached hydrogens (tertiary/aromatic N) is 1. The molecule has 0 N–H and O–H groups in total. The summed E-state index contributed by atoms with van der Waals surface area (Å²) in [7, 11) is 1.65. The fourth-order valence-corrected chi connectivity index (χ4v) is 3.23. The predicted molar refractivity (Wildman–Crippen MR) is 77.7 cm³/mol. The van der Waals surface area contributed by atoms with E-state index in [2.05, 4.69) is 11.1 Å². The largest absolute Gasteiger partial charge is 0.496 e. The predicted octanol–water partition coefficient (Wildman–Crippen LogP) is 3.70. The Hall–Kier alpha value is -2.27. The molecule has 0 fully saturated rings. The van der Waals surface area contributed by atoms with Gasteiger partial charge in [0.05, 0.1) is 22.9 Å². The van der Waals surface area contributed by atoms with Gasteiger partial charge >= 0.3 is 0 Å². The second kappa shape index (κ2) is 4.38. The van der Waals surface area contributed by atoms with Crippen molar-refractivity contribution in [3.05, 3.63) is 36.4 Å². The minimum atomic E-state index is 0.252. The number of fused-ring (bicyclic) bond motifs is 2. The summed E-state index contributed by atoms with van der Waals surface area (Å²) in [5.74, 6) is 2.19. The van der Waals surface area contributed by atoms with Crippen LogP contribution in [0.15, 0.2) is 36.4 Å². The number of ether oxygens (including phenoxy) is 3. The summed E-state index contributed by atoms with van der Waals surface area (Å²) < 4.78 is 17.4. The minimum Gasteiger partial charge on any atom is -0.496 e. The van der Waals surface area contributed by atoms with Crippen LogP contribution in [0.4, 0.5) is 0 Å². The van der Waals surface area contributed by atoms with Gasteiger partial charge in [-0.1, -0.05) is 12.1 Å². The Bertz CT molecular complexity index is 764. The Morgan fingerprint density at radius 1 is 1.15 bits per heavy atom. The first-order valence-corrected chi connectivity index (χ1v) is 7.00. The second-order valence-corrected chi connectivity index (χ2v) is 5.42. The number of methoxy groups -OCH3 is 1. The molecule has 0 unspecified atom stereocenters. The Morgan fingerprint density at radius 2 is 1.95 bits per heavy atom. The molecule has 4 rings (SSSR count). The minimum absolute atomic E-state index is 0.252. The summed E-state index contributed by atoms with van der Waals surface area (Å²) in [6.45, 7) is 0.252. The number of hydrogen-bond donors (Lipinski definition) is 0. The lowest BCUT2D eigenvalue weighted by Gasteiger charge is -2.07. The van der Waals surface area contributed by atoms with Crippen LogP contribution in [0.3, 0.4) is 0 Å². The van der Waals surface area contributed by atoms with Gasteiger partial charge in [-0.05, 0) is 18.2 Å². The van der Waals surface area contributed by atoms with E-state index in [0.29, 0.717) is 5.75 Å². The van der Waals surface area contributed by atoms with Crippen LogP contribution >= 0.6 is 11.3 Å². The van der Waals surface area contributed by atoms with Gasteiger partial charge < -0.3 is 14.2 Å². The quantitative estimate of drug-likeness (QED) is 0.720. The monoisotopic (exact) mass is 285 g/mol. The molecule has 1 aliphatic heterocycles. The van der Waals surface area contributed by atoms with Crippen molar-refractivity contribution in [1.29, 1.82) is 0 Å². The maximum atomic E-state index is 5.45. The number of para-hydroxylation sites is 1. The fourth-order valence-electron chi connectivity index (χ4n) is 2.25. The van der Waals surface area contributed by atoms with Crippen LogP contribution in [0, 0.1) is 0 Å². The molecule has 0 aliphatic carbocycles. The van der Waals surface area contributed by atoms with Crippen molar-refractivity contribution in [2.75, 3.05) is 13.9 Å². The zero-order valence-electron chi connectivity index (χ0n) is 10.8. The van der Waals surface area contributed by atoms with Crippen molar-refractivity contribution in [1.82, 2.24) is 4.98 Å². The average Bonchev–Trinajstić information content (AvgIpc) is 3.11. The normalized spacial score (nSPS) is 12.8. The molecule has 0 bridgehead atoms. The first-order valence-electron chi connectivity index (χ1n) is 6.19. The molecule has 0 amide bonds. The lowest BCUT2D eigenvalue weighted by atomic mass is 10.2. The van der Waals surface area contributed by atoms with Crippen LogP contribution in [0.1, 0.15) is 0 Å². The van der Waals surface area contributed by atoms with E-state index in [1.54, 1.807) is 18.4 Å². The van der Waals surface area contributed by atoms with E-state index < -0.39 is 0 Å². The van der Waals surface area contributed by atoms with Gasteiger partial charge in [-0.2, -0.15) is 0 Å². The van der Waals surface area contributed by atoms with Crippen LogP contribution < -0.4 is 14.2 Å². The molecule has 2 aromatic carbocycles. The molecule has 3 aromatic rings. The molecule has 0 radical (unpaired) electrons. The molecule has 5 heteroatoms. The van der Waals surface area contributed by atoms with Gasteiger partial charge in [0.25, 0.3) is 0 Å². The summed E-state index contributed by atoms with van der Waals surface area (Å²) in [6.07, 6.45) is 0. The topological polar surface area (TPSA) is 40.6 Å². The van der Waals surface area contributed by atoms with Gasteiger partial charge in [0.15, 0.2) is 11.5 Å². The fraction of sp³-hybridized carbons (Fsp3) is 0.133. The van der Waals surface area contributed by atoms with Crippen LogP contribution in [0.5, 0.6) is 17.2 Å². The summed E-state index contributed by atoms with van der Waals surface area (Å²) in [5.41, 5.74) is 1.92. The first-order chi connectivity index (χ1) is 9.85. The van der Waals surface area contributed by atoms with Crippen molar-refractivity contribution in [3.8, 4) is 27.8 Å². The van der Waals surface area contributed by atoms with Crippen LogP contribution in [0.2, 0.25) is 0 Å². The molecular formula is C15H11NO3S. The molecule has 2 heterocycles. The molecule has 4 nitrogen and oxygen atoms in total. The molecule has 1 aromatic heterocycles. The van der Waals surface area contributed by atoms with Crippen molar-refractivity contribution in [3.63, 3.8) is 0 Å². The van der Waals surface area contributed by atoms with E-state index in [9.17, 15) is 0 Å². The van der Waals surface area contributed by atoms with E-state index >= 15 is 0 Å². The van der Waals surface area contributed by atoms with Crippen molar-refractivity contribution in [2.45, 2.75) is 0 Å². The average molecular weight is 285 g/mol. The highest BCUT2D eigenvalue weighted by Gasteiger charge is 2.20. The SMILES string of the molecule is COc1cc2c(cc1-c1nc3ccccc3s1)OCO2. The molecule has 100 valence electrons. The van der Waals surface area contributed by atoms with Crippen molar-refractivity contribution in [2.24, 2.45) is 0 Å². The Kier molecular flexibility index (Phi) is 2.53. The second-order valence-electron chi connectivity index (χ2n) is 4.39. The lowest BCUT2D eigenvalue weighted by molar-refractivity contribution is 0.174. The van der Waals surface area contributed by atoms with Gasteiger partial charge in [-0.25, -0.2) is 4.98 Å².